The number of benzene rings is 2. The summed E-state index contributed by atoms with van der Waals surface area (Å²) < 4.78 is 27.2. The monoisotopic (exact) mass is 614 g/mol. The fourth-order valence-electron chi connectivity index (χ4n) is 4.45. The summed E-state index contributed by atoms with van der Waals surface area (Å²) >= 11 is 7.87. The fraction of sp³-hybridized carbons (Fsp3) is 0.214. The lowest BCUT2D eigenvalue weighted by Gasteiger charge is -2.31. The number of thiocarbonyl (C=S) groups is 1. The summed E-state index contributed by atoms with van der Waals surface area (Å²) in [5, 5.41) is 17.3. The van der Waals surface area contributed by atoms with Crippen molar-refractivity contribution < 1.29 is 28.3 Å². The number of carbonyl (C=O) groups excluding carboxylic acids is 2. The number of carboxylic acid groups (broad SMARTS) is 1. The van der Waals surface area contributed by atoms with Crippen molar-refractivity contribution in [1.29, 1.82) is 0 Å². The van der Waals surface area contributed by atoms with Gasteiger partial charge < -0.3 is 20.6 Å². The molecule has 2 saturated heterocycles. The molecule has 2 fully saturated rings. The number of aromatic carboxylic acids is 1. The van der Waals surface area contributed by atoms with Crippen LogP contribution in [0.1, 0.15) is 21.7 Å². The predicted octanol–water partition coefficient (Wildman–Crippen LogP) is 5.03. The Kier molecular flexibility index (Phi) is 8.78. The minimum atomic E-state index is -1.10. The number of hydrogen-bond acceptors (Lipinski definition) is 8. The quantitative estimate of drug-likeness (QED) is 0.240. The molecule has 0 saturated carbocycles. The number of piperazine rings is 1. The number of anilines is 2. The third kappa shape index (κ3) is 6.64. The molecule has 0 radical (unpaired) electrons. The number of nitrogens with zero attached hydrogens (tertiary/aromatic N) is 2. The van der Waals surface area contributed by atoms with Crippen LogP contribution >= 0.6 is 35.3 Å². The van der Waals surface area contributed by atoms with E-state index in [9.17, 15) is 28.3 Å². The summed E-state index contributed by atoms with van der Waals surface area (Å²) in [6.45, 7) is 3.02. The summed E-state index contributed by atoms with van der Waals surface area (Å²) in [5.41, 5.74) is 2.41. The summed E-state index contributed by atoms with van der Waals surface area (Å²) in [7, 11) is 0. The van der Waals surface area contributed by atoms with Gasteiger partial charge >= 0.3 is 5.97 Å². The molecule has 8 nitrogen and oxygen atoms in total. The number of hydrogen-bond donors (Lipinski definition) is 3. The van der Waals surface area contributed by atoms with Gasteiger partial charge in [-0.15, -0.1) is 11.3 Å². The van der Waals surface area contributed by atoms with E-state index in [2.05, 4.69) is 15.5 Å². The Hall–Kier alpha value is -3.65. The average Bonchev–Trinajstić information content (AvgIpc) is 3.53. The molecule has 5 rings (SSSR count). The second-order valence-corrected chi connectivity index (χ2v) is 11.9. The number of rotatable bonds is 8. The van der Waals surface area contributed by atoms with Gasteiger partial charge in [0.25, 0.3) is 5.91 Å². The van der Waals surface area contributed by atoms with Crippen molar-refractivity contribution in [3.05, 3.63) is 74.8 Å². The number of halogens is 2. The van der Waals surface area contributed by atoms with Crippen LogP contribution in [0.4, 0.5) is 20.2 Å². The van der Waals surface area contributed by atoms with Crippen LogP contribution in [0.15, 0.2) is 52.7 Å². The molecule has 2 amide bonds. The van der Waals surface area contributed by atoms with E-state index in [-0.39, 0.29) is 30.3 Å². The first-order valence-corrected chi connectivity index (χ1v) is 14.7. The molecule has 3 N–H and O–H groups in total. The minimum Gasteiger partial charge on any atom is -0.478 e. The third-order valence-corrected chi connectivity index (χ3v) is 8.81. The smallest absolute Gasteiger partial charge is 0.335 e. The molecule has 2 aliphatic heterocycles. The van der Waals surface area contributed by atoms with Crippen molar-refractivity contribution in [2.24, 2.45) is 0 Å². The average molecular weight is 615 g/mol. The molecule has 212 valence electrons. The van der Waals surface area contributed by atoms with Gasteiger partial charge in [0.05, 0.1) is 21.8 Å². The molecule has 0 spiro atoms. The van der Waals surface area contributed by atoms with Crippen molar-refractivity contribution in [2.75, 3.05) is 42.9 Å². The molecule has 1 aromatic heterocycles. The largest absolute Gasteiger partial charge is 0.478 e. The lowest BCUT2D eigenvalue weighted by atomic mass is 10.1. The number of thiophene rings is 1. The van der Waals surface area contributed by atoms with E-state index < -0.39 is 17.6 Å². The molecule has 3 aromatic rings. The van der Waals surface area contributed by atoms with Gasteiger partial charge in [-0.25, -0.2) is 13.6 Å². The van der Waals surface area contributed by atoms with Crippen molar-refractivity contribution in [2.45, 2.75) is 6.42 Å². The first-order chi connectivity index (χ1) is 19.7. The molecule has 2 aromatic carbocycles. The van der Waals surface area contributed by atoms with E-state index in [0.29, 0.717) is 39.1 Å². The number of nitrogens with one attached hydrogen (secondary N) is 2. The number of thioether (sulfide) groups is 1. The Labute approximate surface area is 248 Å². The van der Waals surface area contributed by atoms with Crippen LogP contribution in [-0.2, 0) is 9.59 Å². The van der Waals surface area contributed by atoms with E-state index in [1.807, 2.05) is 0 Å². The number of carbonyl (C=O) groups is 3. The zero-order valence-corrected chi connectivity index (χ0v) is 23.9. The van der Waals surface area contributed by atoms with E-state index in [1.165, 1.54) is 34.4 Å². The van der Waals surface area contributed by atoms with Crippen LogP contribution in [0.3, 0.4) is 0 Å². The van der Waals surface area contributed by atoms with Crippen molar-refractivity contribution in [3.8, 4) is 11.1 Å². The number of carboxylic acids is 1. The first-order valence-electron chi connectivity index (χ1n) is 12.6. The lowest BCUT2D eigenvalue weighted by molar-refractivity contribution is -0.122. The summed E-state index contributed by atoms with van der Waals surface area (Å²) in [6, 6.07) is 10.1. The predicted molar refractivity (Wildman–Crippen MR) is 161 cm³/mol. The molecule has 0 atom stereocenters. The molecular weight excluding hydrogens is 591 g/mol. The van der Waals surface area contributed by atoms with Crippen molar-refractivity contribution in [1.82, 2.24) is 10.2 Å². The van der Waals surface area contributed by atoms with Crippen LogP contribution in [0.25, 0.3) is 17.2 Å². The standard InChI is InChI=1S/C28H24F2N4O4S3/c29-20-3-1-16(12-21(20)30)18-11-19(40-15-18)14-24-26(36)34(28(39)41-24)8-5-25(35)32-22-13-17(27(37)38)2-4-23(22)33-9-6-31-7-10-33/h1-4,11-15,31H,5-10H2,(H,32,35)(H,37,38)/b24-14-. The topological polar surface area (TPSA) is 102 Å². The van der Waals surface area contributed by atoms with Gasteiger partial charge in [0, 0.05) is 44.0 Å². The highest BCUT2D eigenvalue weighted by Crippen LogP contribution is 2.35. The molecule has 0 unspecified atom stereocenters. The molecule has 0 bridgehead atoms. The highest BCUT2D eigenvalue weighted by atomic mass is 32.2. The van der Waals surface area contributed by atoms with E-state index in [1.54, 1.807) is 23.6 Å². The van der Waals surface area contributed by atoms with Gasteiger partial charge in [0.15, 0.2) is 11.6 Å². The van der Waals surface area contributed by atoms with Gasteiger partial charge in [-0.3, -0.25) is 14.5 Å². The Morgan fingerprint density at radius 2 is 1.85 bits per heavy atom. The Bertz CT molecular complexity index is 1570. The highest BCUT2D eigenvalue weighted by Gasteiger charge is 2.32. The zero-order chi connectivity index (χ0) is 29.1. The second-order valence-electron chi connectivity index (χ2n) is 9.27. The van der Waals surface area contributed by atoms with Crippen molar-refractivity contribution >= 4 is 74.9 Å². The molecular formula is C28H24F2N4O4S3. The van der Waals surface area contributed by atoms with Gasteiger partial charge in [-0.2, -0.15) is 0 Å². The van der Waals surface area contributed by atoms with Gasteiger partial charge in [0.1, 0.15) is 4.32 Å². The Balaban J connectivity index is 1.24. The van der Waals surface area contributed by atoms with Gasteiger partial charge in [-0.1, -0.05) is 30.0 Å². The van der Waals surface area contributed by atoms with E-state index >= 15 is 0 Å². The maximum atomic E-state index is 13.6. The first kappa shape index (κ1) is 28.9. The van der Waals surface area contributed by atoms with E-state index in [4.69, 9.17) is 12.2 Å². The molecule has 13 heteroatoms. The molecule has 0 aliphatic carbocycles. The van der Waals surface area contributed by atoms with Crippen LogP contribution in [0.5, 0.6) is 0 Å². The van der Waals surface area contributed by atoms with Crippen molar-refractivity contribution in [3.63, 3.8) is 0 Å². The highest BCUT2D eigenvalue weighted by molar-refractivity contribution is 8.26. The van der Waals surface area contributed by atoms with Gasteiger partial charge in [0.2, 0.25) is 5.91 Å². The molecule has 41 heavy (non-hydrogen) atoms. The molecule has 2 aliphatic rings. The van der Waals surface area contributed by atoms with Crippen LogP contribution in [0.2, 0.25) is 0 Å². The fourth-order valence-corrected chi connectivity index (χ4v) is 6.68. The van der Waals surface area contributed by atoms with Crippen LogP contribution < -0.4 is 15.5 Å². The lowest BCUT2D eigenvalue weighted by Crippen LogP contribution is -2.43. The Morgan fingerprint density at radius 3 is 2.59 bits per heavy atom. The minimum absolute atomic E-state index is 0.0443. The maximum Gasteiger partial charge on any atom is 0.335 e. The van der Waals surface area contributed by atoms with Crippen LogP contribution in [0, 0.1) is 11.6 Å². The second kappa shape index (κ2) is 12.5. The van der Waals surface area contributed by atoms with E-state index in [0.717, 1.165) is 47.5 Å². The van der Waals surface area contributed by atoms with Gasteiger partial charge in [-0.05, 0) is 59.0 Å². The summed E-state index contributed by atoms with van der Waals surface area (Å²) in [4.78, 5) is 42.1. The van der Waals surface area contributed by atoms with Crippen LogP contribution in [-0.4, -0.2) is 64.8 Å². The maximum absolute atomic E-state index is 13.6. The number of amides is 2. The Morgan fingerprint density at radius 1 is 1.07 bits per heavy atom. The SMILES string of the molecule is O=C(CCN1C(=O)/C(=C/c2cc(-c3ccc(F)c(F)c3)cs2)SC1=S)Nc1cc(C(=O)O)ccc1N1CCNCC1. The zero-order valence-electron chi connectivity index (χ0n) is 21.5. The molecule has 3 heterocycles. The summed E-state index contributed by atoms with van der Waals surface area (Å²) in [5.74, 6) is -3.66. The third-order valence-electron chi connectivity index (χ3n) is 6.56. The summed E-state index contributed by atoms with van der Waals surface area (Å²) in [6.07, 6.45) is 1.64. The normalized spacial score (nSPS) is 16.5.